The van der Waals surface area contributed by atoms with Gasteiger partial charge in [0.25, 0.3) is 0 Å². The van der Waals surface area contributed by atoms with Crippen LogP contribution >= 0.6 is 0 Å². The van der Waals surface area contributed by atoms with E-state index in [2.05, 4.69) is 12.1 Å². The molecule has 0 N–H and O–H groups in total. The summed E-state index contributed by atoms with van der Waals surface area (Å²) >= 11 is 0. The van der Waals surface area contributed by atoms with Gasteiger partial charge < -0.3 is 13.8 Å². The number of aryl methyl sites for hydroxylation is 3. The van der Waals surface area contributed by atoms with Crippen molar-refractivity contribution in [2.45, 2.75) is 53.0 Å². The molecular weight excluding hydrogens is 292 g/mol. The van der Waals surface area contributed by atoms with E-state index >= 15 is 0 Å². The van der Waals surface area contributed by atoms with Gasteiger partial charge >= 0.3 is 0 Å². The van der Waals surface area contributed by atoms with E-state index < -0.39 is 0 Å². The lowest BCUT2D eigenvalue weighted by molar-refractivity contribution is -0.135. The Morgan fingerprint density at radius 2 is 2.13 bits per heavy atom. The van der Waals surface area contributed by atoms with Gasteiger partial charge in [0.1, 0.15) is 17.3 Å². The standard InChI is InChI=1S/C18H24N2O3/c1-11-7-8-20(16(9-11)17-6-5-12(2)22-17)18(21)10-15-13(3)19-23-14(15)4/h5-6,11,16H,7-10H2,1-4H3/t11-,16+/m1/s1. The van der Waals surface area contributed by atoms with Crippen molar-refractivity contribution in [2.24, 2.45) is 5.92 Å². The second-order valence-corrected chi connectivity index (χ2v) is 6.66. The minimum absolute atomic E-state index is 0.0282. The average Bonchev–Trinajstić information content (AvgIpc) is 3.07. The van der Waals surface area contributed by atoms with Crippen molar-refractivity contribution in [3.63, 3.8) is 0 Å². The zero-order valence-electron chi connectivity index (χ0n) is 14.3. The summed E-state index contributed by atoms with van der Waals surface area (Å²) in [6, 6.07) is 3.99. The van der Waals surface area contributed by atoms with E-state index in [-0.39, 0.29) is 11.9 Å². The second kappa shape index (κ2) is 6.22. The number of amides is 1. The number of furan rings is 1. The highest BCUT2D eigenvalue weighted by Gasteiger charge is 2.33. The van der Waals surface area contributed by atoms with Crippen molar-refractivity contribution < 1.29 is 13.7 Å². The number of nitrogens with zero attached hydrogens (tertiary/aromatic N) is 2. The molecule has 3 heterocycles. The van der Waals surface area contributed by atoms with Crippen LogP contribution < -0.4 is 0 Å². The number of hydrogen-bond acceptors (Lipinski definition) is 4. The minimum Gasteiger partial charge on any atom is -0.464 e. The van der Waals surface area contributed by atoms with Crippen molar-refractivity contribution in [2.75, 3.05) is 6.54 Å². The molecule has 0 radical (unpaired) electrons. The molecular formula is C18H24N2O3. The molecule has 124 valence electrons. The van der Waals surface area contributed by atoms with Crippen LogP contribution in [0.2, 0.25) is 0 Å². The quantitative estimate of drug-likeness (QED) is 0.865. The van der Waals surface area contributed by atoms with Crippen molar-refractivity contribution in [1.29, 1.82) is 0 Å². The summed E-state index contributed by atoms with van der Waals surface area (Å²) in [4.78, 5) is 14.8. The largest absolute Gasteiger partial charge is 0.464 e. The summed E-state index contributed by atoms with van der Waals surface area (Å²) in [6.45, 7) is 8.68. The molecule has 5 heteroatoms. The Kier molecular flexibility index (Phi) is 4.28. The highest BCUT2D eigenvalue weighted by molar-refractivity contribution is 5.79. The summed E-state index contributed by atoms with van der Waals surface area (Å²) in [5.74, 6) is 3.21. The number of hydrogen-bond donors (Lipinski definition) is 0. The molecule has 23 heavy (non-hydrogen) atoms. The van der Waals surface area contributed by atoms with Crippen LogP contribution in [0.15, 0.2) is 21.1 Å². The summed E-state index contributed by atoms with van der Waals surface area (Å²) in [6.07, 6.45) is 2.32. The van der Waals surface area contributed by atoms with E-state index in [0.29, 0.717) is 12.3 Å². The third-order valence-corrected chi connectivity index (χ3v) is 4.78. The van der Waals surface area contributed by atoms with E-state index in [9.17, 15) is 4.79 Å². The van der Waals surface area contributed by atoms with Gasteiger partial charge in [0.15, 0.2) is 0 Å². The van der Waals surface area contributed by atoms with Crippen molar-refractivity contribution in [3.8, 4) is 0 Å². The molecule has 2 aromatic heterocycles. The number of carbonyl (C=O) groups is 1. The van der Waals surface area contributed by atoms with Gasteiger partial charge in [-0.2, -0.15) is 0 Å². The minimum atomic E-state index is 0.0282. The monoisotopic (exact) mass is 316 g/mol. The van der Waals surface area contributed by atoms with E-state index in [1.54, 1.807) is 0 Å². The van der Waals surface area contributed by atoms with E-state index in [1.807, 2.05) is 37.8 Å². The predicted molar refractivity (Wildman–Crippen MR) is 86.0 cm³/mol. The molecule has 2 atom stereocenters. The second-order valence-electron chi connectivity index (χ2n) is 6.66. The number of piperidine rings is 1. The zero-order chi connectivity index (χ0) is 16.6. The third-order valence-electron chi connectivity index (χ3n) is 4.78. The fourth-order valence-corrected chi connectivity index (χ4v) is 3.35. The lowest BCUT2D eigenvalue weighted by Gasteiger charge is -2.37. The molecule has 1 amide bonds. The van der Waals surface area contributed by atoms with Crippen LogP contribution in [0.25, 0.3) is 0 Å². The maximum atomic E-state index is 12.9. The van der Waals surface area contributed by atoms with Crippen LogP contribution in [0.3, 0.4) is 0 Å². The van der Waals surface area contributed by atoms with Crippen LogP contribution in [-0.4, -0.2) is 22.5 Å². The van der Waals surface area contributed by atoms with Crippen LogP contribution in [-0.2, 0) is 11.2 Å². The molecule has 5 nitrogen and oxygen atoms in total. The van der Waals surface area contributed by atoms with E-state index in [0.717, 1.165) is 47.9 Å². The van der Waals surface area contributed by atoms with Gasteiger partial charge in [0.05, 0.1) is 18.2 Å². The van der Waals surface area contributed by atoms with E-state index in [4.69, 9.17) is 8.94 Å². The lowest BCUT2D eigenvalue weighted by Crippen LogP contribution is -2.41. The Morgan fingerprint density at radius 3 is 2.74 bits per heavy atom. The predicted octanol–water partition coefficient (Wildman–Crippen LogP) is 3.74. The third kappa shape index (κ3) is 3.19. The summed E-state index contributed by atoms with van der Waals surface area (Å²) < 4.78 is 11.0. The Morgan fingerprint density at radius 1 is 1.35 bits per heavy atom. The first kappa shape index (κ1) is 15.8. The molecule has 1 aliphatic rings. The molecule has 1 fully saturated rings. The van der Waals surface area contributed by atoms with Gasteiger partial charge in [-0.15, -0.1) is 0 Å². The van der Waals surface area contributed by atoms with Crippen molar-refractivity contribution >= 4 is 5.91 Å². The first-order chi connectivity index (χ1) is 11.0. The van der Waals surface area contributed by atoms with Gasteiger partial charge in [-0.3, -0.25) is 4.79 Å². The Balaban J connectivity index is 1.82. The molecule has 0 aromatic carbocycles. The van der Waals surface area contributed by atoms with Gasteiger partial charge in [0.2, 0.25) is 5.91 Å². The van der Waals surface area contributed by atoms with Crippen LogP contribution in [0.1, 0.15) is 54.3 Å². The summed E-state index contributed by atoms with van der Waals surface area (Å²) in [7, 11) is 0. The highest BCUT2D eigenvalue weighted by Crippen LogP contribution is 2.35. The van der Waals surface area contributed by atoms with Crippen molar-refractivity contribution in [1.82, 2.24) is 10.1 Å². The van der Waals surface area contributed by atoms with Gasteiger partial charge in [-0.1, -0.05) is 12.1 Å². The van der Waals surface area contributed by atoms with Crippen LogP contribution in [0.4, 0.5) is 0 Å². The summed E-state index contributed by atoms with van der Waals surface area (Å²) in [5.41, 5.74) is 1.70. The Hall–Kier alpha value is -2.04. The fourth-order valence-electron chi connectivity index (χ4n) is 3.35. The van der Waals surface area contributed by atoms with Gasteiger partial charge in [0, 0.05) is 12.1 Å². The lowest BCUT2D eigenvalue weighted by atomic mass is 9.90. The maximum absolute atomic E-state index is 12.9. The zero-order valence-corrected chi connectivity index (χ0v) is 14.3. The molecule has 3 rings (SSSR count). The summed E-state index contributed by atoms with van der Waals surface area (Å²) in [5, 5.41) is 3.94. The number of aromatic nitrogens is 1. The first-order valence-electron chi connectivity index (χ1n) is 8.23. The number of likely N-dealkylation sites (tertiary alicyclic amines) is 1. The Bertz CT molecular complexity index is 681. The maximum Gasteiger partial charge on any atom is 0.227 e. The average molecular weight is 316 g/mol. The SMILES string of the molecule is Cc1ccc([C@@H]2C[C@H](C)CCN2C(=O)Cc2c(C)noc2C)o1. The van der Waals surface area contributed by atoms with E-state index in [1.165, 1.54) is 0 Å². The molecule has 0 spiro atoms. The number of carbonyl (C=O) groups excluding carboxylic acids is 1. The normalized spacial score (nSPS) is 21.7. The molecule has 0 aliphatic carbocycles. The molecule has 0 saturated carbocycles. The molecule has 2 aromatic rings. The number of rotatable bonds is 3. The van der Waals surface area contributed by atoms with Crippen LogP contribution in [0.5, 0.6) is 0 Å². The topological polar surface area (TPSA) is 59.5 Å². The molecule has 0 unspecified atom stereocenters. The van der Waals surface area contributed by atoms with Crippen LogP contribution in [0, 0.1) is 26.7 Å². The fraction of sp³-hybridized carbons (Fsp3) is 0.556. The smallest absolute Gasteiger partial charge is 0.227 e. The van der Waals surface area contributed by atoms with Gasteiger partial charge in [-0.05, 0) is 51.7 Å². The molecule has 1 saturated heterocycles. The Labute approximate surface area is 136 Å². The molecule has 0 bridgehead atoms. The van der Waals surface area contributed by atoms with Crippen molar-refractivity contribution in [3.05, 3.63) is 40.7 Å². The highest BCUT2D eigenvalue weighted by atomic mass is 16.5. The van der Waals surface area contributed by atoms with Gasteiger partial charge in [-0.25, -0.2) is 0 Å². The molecule has 1 aliphatic heterocycles. The first-order valence-corrected chi connectivity index (χ1v) is 8.23.